The molecule has 2 N–H and O–H groups in total. The maximum atomic E-state index is 11.9. The Hall–Kier alpha value is -3.35. The van der Waals surface area contributed by atoms with E-state index in [1.165, 1.54) is 0 Å². The molecule has 0 saturated carbocycles. The first-order valence-corrected chi connectivity index (χ1v) is 8.37. The third-order valence-corrected chi connectivity index (χ3v) is 3.82. The topological polar surface area (TPSA) is 93.7 Å². The highest BCUT2D eigenvalue weighted by molar-refractivity contribution is 6.02. The average Bonchev–Trinajstić information content (AvgIpc) is 2.62. The number of hydrogen-bond donors (Lipinski definition) is 2. The predicted molar refractivity (Wildman–Crippen MR) is 101 cm³/mol. The summed E-state index contributed by atoms with van der Waals surface area (Å²) in [5.41, 5.74) is 3.51. The van der Waals surface area contributed by atoms with E-state index in [1.54, 1.807) is 30.3 Å². The number of urea groups is 1. The van der Waals surface area contributed by atoms with Crippen molar-refractivity contribution >= 4 is 23.6 Å². The molecule has 0 fully saturated rings. The fourth-order valence-corrected chi connectivity index (χ4v) is 2.24. The van der Waals surface area contributed by atoms with Crippen molar-refractivity contribution in [3.63, 3.8) is 0 Å². The van der Waals surface area contributed by atoms with E-state index < -0.39 is 24.5 Å². The minimum atomic E-state index is -0.735. The van der Waals surface area contributed by atoms with Crippen molar-refractivity contribution in [3.05, 3.63) is 59.2 Å². The summed E-state index contributed by atoms with van der Waals surface area (Å²) < 4.78 is 10.1. The molecule has 0 aliphatic heterocycles. The van der Waals surface area contributed by atoms with Gasteiger partial charge in [-0.15, -0.1) is 0 Å². The molecule has 0 atom stereocenters. The normalized spacial score (nSPS) is 10.0. The molecule has 0 aromatic heterocycles. The number of imide groups is 1. The second-order valence-corrected chi connectivity index (χ2v) is 6.02. The Labute approximate surface area is 157 Å². The zero-order valence-corrected chi connectivity index (χ0v) is 15.5. The number of anilines is 1. The first-order chi connectivity index (χ1) is 12.8. The lowest BCUT2D eigenvalue weighted by Gasteiger charge is -2.11. The Morgan fingerprint density at radius 2 is 1.70 bits per heavy atom. The van der Waals surface area contributed by atoms with Crippen LogP contribution in [-0.4, -0.2) is 31.1 Å². The molecule has 0 aliphatic rings. The minimum Gasteiger partial charge on any atom is -0.482 e. The van der Waals surface area contributed by atoms with Crippen LogP contribution in [-0.2, 0) is 14.3 Å². The van der Waals surface area contributed by atoms with Crippen LogP contribution < -0.4 is 15.4 Å². The molecule has 3 amide bonds. The third-order valence-electron chi connectivity index (χ3n) is 3.82. The standard InChI is InChI=1S/C20H22N2O5/c1-13-6-4-8-16(10-13)26-12-19(24)27-11-18(23)22-20(25)21-17-9-5-7-14(2)15(17)3/h4-10H,11-12H2,1-3H3,(H2,21,22,23,25). The van der Waals surface area contributed by atoms with E-state index in [1.807, 2.05) is 32.9 Å². The average molecular weight is 370 g/mol. The van der Waals surface area contributed by atoms with Gasteiger partial charge in [-0.1, -0.05) is 24.3 Å². The lowest BCUT2D eigenvalue weighted by atomic mass is 10.1. The summed E-state index contributed by atoms with van der Waals surface area (Å²) >= 11 is 0. The van der Waals surface area contributed by atoms with Gasteiger partial charge in [0, 0.05) is 5.69 Å². The molecule has 0 bridgehead atoms. The molecular weight excluding hydrogens is 348 g/mol. The van der Waals surface area contributed by atoms with E-state index in [9.17, 15) is 14.4 Å². The Bertz CT molecular complexity index is 848. The Morgan fingerprint density at radius 3 is 2.44 bits per heavy atom. The van der Waals surface area contributed by atoms with Gasteiger partial charge in [-0.25, -0.2) is 9.59 Å². The molecule has 142 valence electrons. The van der Waals surface area contributed by atoms with Gasteiger partial charge < -0.3 is 14.8 Å². The molecular formula is C20H22N2O5. The number of hydrogen-bond acceptors (Lipinski definition) is 5. The Kier molecular flexibility index (Phi) is 6.93. The van der Waals surface area contributed by atoms with E-state index in [0.717, 1.165) is 16.7 Å². The van der Waals surface area contributed by atoms with E-state index in [4.69, 9.17) is 9.47 Å². The number of benzene rings is 2. The number of amides is 3. The van der Waals surface area contributed by atoms with Crippen molar-refractivity contribution in [1.82, 2.24) is 5.32 Å². The molecule has 27 heavy (non-hydrogen) atoms. The van der Waals surface area contributed by atoms with Crippen molar-refractivity contribution in [2.75, 3.05) is 18.5 Å². The highest BCUT2D eigenvalue weighted by atomic mass is 16.6. The summed E-state index contributed by atoms with van der Waals surface area (Å²) in [5, 5.41) is 4.69. The molecule has 0 unspecified atom stereocenters. The van der Waals surface area contributed by atoms with Crippen LogP contribution in [0.4, 0.5) is 10.5 Å². The third kappa shape index (κ3) is 6.47. The summed E-state index contributed by atoms with van der Waals surface area (Å²) in [4.78, 5) is 35.2. The summed E-state index contributed by atoms with van der Waals surface area (Å²) in [7, 11) is 0. The van der Waals surface area contributed by atoms with Gasteiger partial charge in [0.1, 0.15) is 5.75 Å². The summed E-state index contributed by atoms with van der Waals surface area (Å²) in [5.74, 6) is -0.910. The first-order valence-electron chi connectivity index (χ1n) is 8.37. The molecule has 7 nitrogen and oxygen atoms in total. The van der Waals surface area contributed by atoms with Crippen molar-refractivity contribution in [1.29, 1.82) is 0 Å². The second kappa shape index (κ2) is 9.38. The van der Waals surface area contributed by atoms with Gasteiger partial charge in [-0.3, -0.25) is 10.1 Å². The molecule has 0 aliphatic carbocycles. The highest BCUT2D eigenvalue weighted by Gasteiger charge is 2.12. The second-order valence-electron chi connectivity index (χ2n) is 6.02. The molecule has 0 saturated heterocycles. The van der Waals surface area contributed by atoms with E-state index in [-0.39, 0.29) is 6.61 Å². The molecule has 7 heteroatoms. The number of esters is 1. The Balaban J connectivity index is 1.72. The van der Waals surface area contributed by atoms with Gasteiger partial charge >= 0.3 is 12.0 Å². The fraction of sp³-hybridized carbons (Fsp3) is 0.250. The summed E-state index contributed by atoms with van der Waals surface area (Å²) in [6, 6.07) is 12.0. The Morgan fingerprint density at radius 1 is 0.963 bits per heavy atom. The molecule has 0 heterocycles. The lowest BCUT2D eigenvalue weighted by molar-refractivity contribution is -0.150. The fourth-order valence-electron chi connectivity index (χ4n) is 2.24. The lowest BCUT2D eigenvalue weighted by Crippen LogP contribution is -2.37. The van der Waals surface area contributed by atoms with Crippen molar-refractivity contribution in [2.45, 2.75) is 20.8 Å². The molecule has 2 aromatic carbocycles. The van der Waals surface area contributed by atoms with Crippen LogP contribution in [0.15, 0.2) is 42.5 Å². The monoisotopic (exact) mass is 370 g/mol. The van der Waals surface area contributed by atoms with Gasteiger partial charge in [0.25, 0.3) is 5.91 Å². The molecule has 0 radical (unpaired) electrons. The van der Waals surface area contributed by atoms with Gasteiger partial charge in [0.15, 0.2) is 13.2 Å². The van der Waals surface area contributed by atoms with Crippen LogP contribution in [0.2, 0.25) is 0 Å². The maximum Gasteiger partial charge on any atom is 0.344 e. The number of aryl methyl sites for hydroxylation is 2. The van der Waals surface area contributed by atoms with Crippen LogP contribution in [0.25, 0.3) is 0 Å². The van der Waals surface area contributed by atoms with Crippen LogP contribution >= 0.6 is 0 Å². The number of nitrogens with one attached hydrogen (secondary N) is 2. The highest BCUT2D eigenvalue weighted by Crippen LogP contribution is 2.17. The van der Waals surface area contributed by atoms with Crippen molar-refractivity contribution in [2.24, 2.45) is 0 Å². The quantitative estimate of drug-likeness (QED) is 0.763. The SMILES string of the molecule is Cc1cccc(OCC(=O)OCC(=O)NC(=O)Nc2cccc(C)c2C)c1. The molecule has 2 rings (SSSR count). The number of carbonyl (C=O) groups excluding carboxylic acids is 3. The van der Waals surface area contributed by atoms with Gasteiger partial charge in [-0.05, 0) is 55.7 Å². The van der Waals surface area contributed by atoms with E-state index >= 15 is 0 Å². The number of carbonyl (C=O) groups is 3. The van der Waals surface area contributed by atoms with Gasteiger partial charge in [0.2, 0.25) is 0 Å². The van der Waals surface area contributed by atoms with Gasteiger partial charge in [-0.2, -0.15) is 0 Å². The smallest absolute Gasteiger partial charge is 0.344 e. The van der Waals surface area contributed by atoms with E-state index in [2.05, 4.69) is 10.6 Å². The zero-order chi connectivity index (χ0) is 19.8. The number of rotatable bonds is 6. The molecule has 0 spiro atoms. The number of ether oxygens (including phenoxy) is 2. The zero-order valence-electron chi connectivity index (χ0n) is 15.5. The summed E-state index contributed by atoms with van der Waals surface area (Å²) in [6.07, 6.45) is 0. The largest absolute Gasteiger partial charge is 0.482 e. The van der Waals surface area contributed by atoms with Crippen molar-refractivity contribution in [3.8, 4) is 5.75 Å². The predicted octanol–water partition coefficient (Wildman–Crippen LogP) is 2.88. The molecule has 2 aromatic rings. The van der Waals surface area contributed by atoms with Crippen molar-refractivity contribution < 1.29 is 23.9 Å². The van der Waals surface area contributed by atoms with Crippen LogP contribution in [0.5, 0.6) is 5.75 Å². The van der Waals surface area contributed by atoms with Gasteiger partial charge in [0.05, 0.1) is 0 Å². The van der Waals surface area contributed by atoms with Crippen LogP contribution in [0.1, 0.15) is 16.7 Å². The van der Waals surface area contributed by atoms with E-state index in [0.29, 0.717) is 11.4 Å². The first kappa shape index (κ1) is 20.0. The minimum absolute atomic E-state index is 0.328. The van der Waals surface area contributed by atoms with Crippen LogP contribution in [0.3, 0.4) is 0 Å². The maximum absolute atomic E-state index is 11.9. The van der Waals surface area contributed by atoms with Crippen LogP contribution in [0, 0.1) is 20.8 Å². The summed E-state index contributed by atoms with van der Waals surface area (Å²) in [6.45, 7) is 4.78.